The summed E-state index contributed by atoms with van der Waals surface area (Å²) in [6.07, 6.45) is -2.06. The predicted octanol–water partition coefficient (Wildman–Crippen LogP) is 2.07. The highest BCUT2D eigenvalue weighted by Crippen LogP contribution is 2.29. The molecule has 0 unspecified atom stereocenters. The molecule has 0 radical (unpaired) electrons. The van der Waals surface area contributed by atoms with Gasteiger partial charge in [0.05, 0.1) is 17.0 Å². The molecule has 0 spiro atoms. The van der Waals surface area contributed by atoms with E-state index < -0.39 is 46.0 Å². The molecule has 0 aromatic heterocycles. The smallest absolute Gasteiger partial charge is 0.343 e. The first-order chi connectivity index (χ1) is 16.5. The second kappa shape index (κ2) is 10.9. The van der Waals surface area contributed by atoms with Crippen molar-refractivity contribution in [2.45, 2.75) is 30.3 Å². The summed E-state index contributed by atoms with van der Waals surface area (Å²) >= 11 is 0. The van der Waals surface area contributed by atoms with Gasteiger partial charge < -0.3 is 5.32 Å². The number of nitrogens with one attached hydrogen (secondary N) is 3. The molecule has 1 aliphatic heterocycles. The second-order valence-electron chi connectivity index (χ2n) is 7.75. The molecule has 35 heavy (non-hydrogen) atoms. The van der Waals surface area contributed by atoms with Crippen LogP contribution in [0.2, 0.25) is 0 Å². The molecule has 0 saturated carbocycles. The minimum absolute atomic E-state index is 0.0611. The van der Waals surface area contributed by atoms with Crippen LogP contribution in [0, 0.1) is 0 Å². The quantitative estimate of drug-likeness (QED) is 0.511. The van der Waals surface area contributed by atoms with Crippen molar-refractivity contribution in [1.29, 1.82) is 0 Å². The summed E-state index contributed by atoms with van der Waals surface area (Å²) in [5.74, 6) is -2.46. The van der Waals surface area contributed by atoms with Crippen LogP contribution in [0.1, 0.15) is 45.5 Å². The fourth-order valence-electron chi connectivity index (χ4n) is 3.37. The summed E-state index contributed by atoms with van der Waals surface area (Å²) in [4.78, 5) is 36.2. The molecule has 3 N–H and O–H groups in total. The van der Waals surface area contributed by atoms with Crippen LogP contribution < -0.4 is 16.2 Å². The topological polar surface area (TPSA) is 125 Å². The van der Waals surface area contributed by atoms with Crippen molar-refractivity contribution < 1.29 is 36.0 Å². The Kier molecular flexibility index (Phi) is 8.12. The molecule has 1 fully saturated rings. The average Bonchev–Trinajstić information content (AvgIpc) is 2.86. The summed E-state index contributed by atoms with van der Waals surface area (Å²) in [5.41, 5.74) is 2.74. The van der Waals surface area contributed by atoms with Crippen molar-refractivity contribution in [3.63, 3.8) is 0 Å². The fraction of sp³-hybridized carbons (Fsp3) is 0.318. The first-order valence-corrected chi connectivity index (χ1v) is 12.1. The van der Waals surface area contributed by atoms with Crippen LogP contribution in [0.3, 0.4) is 0 Å². The maximum atomic E-state index is 12.8. The normalized spacial score (nSPS) is 14.7. The standard InChI is InChI=1S/C22H23F3N4O5S/c23-22(24,25)17-6-4-5-16(13-17)21(32)28-27-19(30)14-26-20(31)15-7-9-18(10-8-15)35(33,34)29-11-2-1-3-12-29/h4-10,13H,1-3,11-12,14H2,(H,26,31)(H,27,30)(H,28,32). The van der Waals surface area contributed by atoms with Gasteiger partial charge in [0.2, 0.25) is 10.0 Å². The summed E-state index contributed by atoms with van der Waals surface area (Å²) in [6, 6.07) is 8.91. The van der Waals surface area contributed by atoms with Crippen molar-refractivity contribution in [3.8, 4) is 0 Å². The summed E-state index contributed by atoms with van der Waals surface area (Å²) in [6.45, 7) is 0.351. The van der Waals surface area contributed by atoms with Crippen molar-refractivity contribution in [3.05, 3.63) is 65.2 Å². The Bertz CT molecular complexity index is 1190. The largest absolute Gasteiger partial charge is 0.416 e. The molecule has 9 nitrogen and oxygen atoms in total. The Morgan fingerprint density at radius 3 is 2.14 bits per heavy atom. The lowest BCUT2D eigenvalue weighted by atomic mass is 10.1. The van der Waals surface area contributed by atoms with Gasteiger partial charge in [-0.1, -0.05) is 12.5 Å². The average molecular weight is 513 g/mol. The molecule has 0 aliphatic carbocycles. The molecule has 13 heteroatoms. The van der Waals surface area contributed by atoms with Crippen LogP contribution in [0.5, 0.6) is 0 Å². The molecule has 2 aromatic carbocycles. The van der Waals surface area contributed by atoms with Gasteiger partial charge in [-0.15, -0.1) is 0 Å². The monoisotopic (exact) mass is 512 g/mol. The Morgan fingerprint density at radius 2 is 1.51 bits per heavy atom. The van der Waals surface area contributed by atoms with Gasteiger partial charge in [-0.3, -0.25) is 25.2 Å². The molecule has 2 aromatic rings. The summed E-state index contributed by atoms with van der Waals surface area (Å²) in [5, 5.41) is 2.30. The number of hydrogen-bond donors (Lipinski definition) is 3. The lowest BCUT2D eigenvalue weighted by Gasteiger charge is -2.25. The van der Waals surface area contributed by atoms with E-state index in [1.165, 1.54) is 28.6 Å². The number of nitrogens with zero attached hydrogens (tertiary/aromatic N) is 1. The van der Waals surface area contributed by atoms with E-state index in [0.29, 0.717) is 19.2 Å². The summed E-state index contributed by atoms with van der Waals surface area (Å²) < 4.78 is 65.0. The van der Waals surface area contributed by atoms with Gasteiger partial charge in [0.15, 0.2) is 0 Å². The van der Waals surface area contributed by atoms with Crippen molar-refractivity contribution in [2.75, 3.05) is 19.6 Å². The van der Waals surface area contributed by atoms with Crippen molar-refractivity contribution >= 4 is 27.7 Å². The zero-order chi connectivity index (χ0) is 25.6. The van der Waals surface area contributed by atoms with Gasteiger partial charge in [0.25, 0.3) is 17.7 Å². The highest BCUT2D eigenvalue weighted by Gasteiger charge is 2.31. The molecular weight excluding hydrogens is 489 g/mol. The number of carbonyl (C=O) groups is 3. The Hall–Kier alpha value is -3.45. The van der Waals surface area contributed by atoms with Crippen molar-refractivity contribution in [1.82, 2.24) is 20.5 Å². The molecule has 0 atom stereocenters. The van der Waals surface area contributed by atoms with Gasteiger partial charge in [-0.25, -0.2) is 8.42 Å². The SMILES string of the molecule is O=C(CNC(=O)c1ccc(S(=O)(=O)N2CCCCC2)cc1)NNC(=O)c1cccc(C(F)(F)F)c1. The van der Waals surface area contributed by atoms with Crippen molar-refractivity contribution in [2.24, 2.45) is 0 Å². The highest BCUT2D eigenvalue weighted by molar-refractivity contribution is 7.89. The van der Waals surface area contributed by atoms with Crippen LogP contribution in [-0.2, 0) is 21.0 Å². The number of benzene rings is 2. The van der Waals surface area contributed by atoms with E-state index in [-0.39, 0.29) is 16.0 Å². The third kappa shape index (κ3) is 6.79. The molecule has 1 heterocycles. The Balaban J connectivity index is 1.49. The maximum Gasteiger partial charge on any atom is 0.416 e. The highest BCUT2D eigenvalue weighted by atomic mass is 32.2. The lowest BCUT2D eigenvalue weighted by Crippen LogP contribution is -2.46. The molecule has 1 saturated heterocycles. The number of carbonyl (C=O) groups excluding carboxylic acids is 3. The minimum Gasteiger partial charge on any atom is -0.343 e. The van der Waals surface area contributed by atoms with Gasteiger partial charge >= 0.3 is 6.18 Å². The third-order valence-corrected chi connectivity index (χ3v) is 7.16. The predicted molar refractivity (Wildman–Crippen MR) is 118 cm³/mol. The zero-order valence-electron chi connectivity index (χ0n) is 18.4. The van der Waals surface area contributed by atoms with E-state index in [2.05, 4.69) is 5.32 Å². The van der Waals surface area contributed by atoms with E-state index in [1.807, 2.05) is 10.9 Å². The number of piperidine rings is 1. The van der Waals surface area contributed by atoms with E-state index >= 15 is 0 Å². The van der Waals surface area contributed by atoms with Crippen LogP contribution in [0.4, 0.5) is 13.2 Å². The van der Waals surface area contributed by atoms with Crippen LogP contribution in [-0.4, -0.2) is 50.1 Å². The number of halogens is 3. The second-order valence-corrected chi connectivity index (χ2v) is 9.69. The van der Waals surface area contributed by atoms with Crippen LogP contribution in [0.25, 0.3) is 0 Å². The van der Waals surface area contributed by atoms with Gasteiger partial charge in [-0.2, -0.15) is 17.5 Å². The number of hydrazine groups is 1. The summed E-state index contributed by atoms with van der Waals surface area (Å²) in [7, 11) is -3.64. The van der Waals surface area contributed by atoms with E-state index in [9.17, 15) is 36.0 Å². The maximum absolute atomic E-state index is 12.8. The van der Waals surface area contributed by atoms with E-state index in [0.717, 1.165) is 37.5 Å². The van der Waals surface area contributed by atoms with Gasteiger partial charge in [-0.05, 0) is 55.3 Å². The first kappa shape index (κ1) is 26.2. The van der Waals surface area contributed by atoms with Crippen LogP contribution >= 0.6 is 0 Å². The van der Waals surface area contributed by atoms with Gasteiger partial charge in [0, 0.05) is 24.2 Å². The van der Waals surface area contributed by atoms with E-state index in [1.54, 1.807) is 0 Å². The lowest BCUT2D eigenvalue weighted by molar-refractivity contribution is -0.137. The molecule has 188 valence electrons. The number of amides is 3. The molecule has 3 amide bonds. The van der Waals surface area contributed by atoms with Crippen LogP contribution in [0.15, 0.2) is 53.4 Å². The van der Waals surface area contributed by atoms with E-state index in [4.69, 9.17) is 0 Å². The third-order valence-electron chi connectivity index (χ3n) is 5.25. The fourth-order valence-corrected chi connectivity index (χ4v) is 4.89. The Morgan fingerprint density at radius 1 is 0.857 bits per heavy atom. The number of hydrogen-bond acceptors (Lipinski definition) is 5. The molecule has 3 rings (SSSR count). The number of rotatable bonds is 6. The molecule has 1 aliphatic rings. The number of sulfonamides is 1. The molecular formula is C22H23F3N4O5S. The van der Waals surface area contributed by atoms with Gasteiger partial charge in [0.1, 0.15) is 0 Å². The number of alkyl halides is 3. The molecule has 0 bridgehead atoms. The Labute approximate surface area is 199 Å². The first-order valence-electron chi connectivity index (χ1n) is 10.6. The zero-order valence-corrected chi connectivity index (χ0v) is 19.2. The minimum atomic E-state index is -4.63.